The van der Waals surface area contributed by atoms with Crippen molar-refractivity contribution in [3.63, 3.8) is 0 Å². The molecule has 10 nitrogen and oxygen atoms in total. The Morgan fingerprint density at radius 2 is 2.12 bits per heavy atom. The van der Waals surface area contributed by atoms with Crippen LogP contribution in [0.25, 0.3) is 22.5 Å². The molecule has 33 heavy (non-hydrogen) atoms. The van der Waals surface area contributed by atoms with Gasteiger partial charge >= 0.3 is 0 Å². The lowest BCUT2D eigenvalue weighted by molar-refractivity contribution is -0.129. The number of amides is 1. The molecule has 0 spiro atoms. The summed E-state index contributed by atoms with van der Waals surface area (Å²) in [5.41, 5.74) is 1.74. The van der Waals surface area contributed by atoms with E-state index in [1.54, 1.807) is 13.1 Å². The normalized spacial score (nSPS) is 31.1. The molecule has 0 aliphatic heterocycles. The van der Waals surface area contributed by atoms with Crippen LogP contribution in [0.5, 0.6) is 0 Å². The topological polar surface area (TPSA) is 149 Å². The molecule has 1 amide bonds. The first-order valence-electron chi connectivity index (χ1n) is 11.6. The number of aliphatic hydroxyl groups excluding tert-OH is 1. The van der Waals surface area contributed by atoms with Crippen molar-refractivity contribution in [2.75, 3.05) is 11.9 Å². The Hall–Kier alpha value is -2.98. The second-order valence-corrected chi connectivity index (χ2v) is 10.1. The van der Waals surface area contributed by atoms with Crippen LogP contribution in [0, 0.1) is 17.8 Å². The zero-order chi connectivity index (χ0) is 22.7. The van der Waals surface area contributed by atoms with E-state index in [0.717, 1.165) is 48.8 Å². The molecule has 4 saturated carbocycles. The SMILES string of the molecule is CC(O)CNC(=O)c1noc(-c2cnc3[nH]ccc3c2NC2[C@@H]3CC4C[C@H]2CC(O)(C4)C3)n1. The van der Waals surface area contributed by atoms with Gasteiger partial charge in [0.25, 0.3) is 17.6 Å². The van der Waals surface area contributed by atoms with Crippen LogP contribution in [0.2, 0.25) is 0 Å². The molecule has 4 unspecified atom stereocenters. The predicted molar refractivity (Wildman–Crippen MR) is 119 cm³/mol. The average Bonchev–Trinajstić information content (AvgIpc) is 3.43. The number of anilines is 1. The molecule has 4 fully saturated rings. The van der Waals surface area contributed by atoms with Gasteiger partial charge in [-0.1, -0.05) is 5.16 Å². The third kappa shape index (κ3) is 3.57. The molecule has 4 aliphatic rings. The van der Waals surface area contributed by atoms with Gasteiger partial charge in [0.05, 0.1) is 23.0 Å². The Bertz CT molecular complexity index is 1190. The summed E-state index contributed by atoms with van der Waals surface area (Å²) in [6, 6.07) is 2.21. The summed E-state index contributed by atoms with van der Waals surface area (Å²) in [4.78, 5) is 24.2. The first kappa shape index (κ1) is 20.6. The van der Waals surface area contributed by atoms with Crippen LogP contribution >= 0.6 is 0 Å². The summed E-state index contributed by atoms with van der Waals surface area (Å²) in [5, 5.41) is 31.5. The highest BCUT2D eigenvalue weighted by molar-refractivity contribution is 5.97. The van der Waals surface area contributed by atoms with Crippen molar-refractivity contribution in [1.29, 1.82) is 0 Å². The average molecular weight is 453 g/mol. The number of carbonyl (C=O) groups excluding carboxylic acids is 1. The molecule has 3 heterocycles. The van der Waals surface area contributed by atoms with Crippen molar-refractivity contribution in [2.45, 2.75) is 56.8 Å². The second-order valence-electron chi connectivity index (χ2n) is 10.1. The van der Waals surface area contributed by atoms with Gasteiger partial charge in [0.1, 0.15) is 5.65 Å². The van der Waals surface area contributed by atoms with Gasteiger partial charge in [0.15, 0.2) is 0 Å². The molecule has 3 aromatic rings. The van der Waals surface area contributed by atoms with Gasteiger partial charge in [-0.3, -0.25) is 4.79 Å². The fourth-order valence-electron chi connectivity index (χ4n) is 6.45. The van der Waals surface area contributed by atoms with Crippen LogP contribution in [0.4, 0.5) is 5.69 Å². The van der Waals surface area contributed by atoms with E-state index < -0.39 is 17.6 Å². The molecular weight excluding hydrogens is 424 g/mol. The minimum absolute atomic E-state index is 0.0948. The zero-order valence-corrected chi connectivity index (χ0v) is 18.4. The maximum absolute atomic E-state index is 12.3. The van der Waals surface area contributed by atoms with E-state index in [1.165, 1.54) is 0 Å². The van der Waals surface area contributed by atoms with Crippen LogP contribution in [0.3, 0.4) is 0 Å². The lowest BCUT2D eigenvalue weighted by atomic mass is 9.52. The molecule has 3 aromatic heterocycles. The standard InChI is InChI=1S/C23H28N6O4/c1-11(30)9-26-21(31)20-28-22(33-29-20)16-10-25-19-15(2-3-24-19)18(16)27-17-13-4-12-5-14(17)8-23(32,6-12)7-13/h2-3,10-14,17,30,32H,4-9H2,1H3,(H,26,31)(H2,24,25,27)/t11?,12?,13-,14+,17?,23?. The summed E-state index contributed by atoms with van der Waals surface area (Å²) in [5.74, 6) is 1.06. The molecule has 6 atom stereocenters. The Morgan fingerprint density at radius 1 is 1.33 bits per heavy atom. The number of fused-ring (bicyclic) bond motifs is 1. The van der Waals surface area contributed by atoms with E-state index in [4.69, 9.17) is 4.52 Å². The third-order valence-corrected chi connectivity index (χ3v) is 7.56. The quantitative estimate of drug-likeness (QED) is 0.382. The van der Waals surface area contributed by atoms with Gasteiger partial charge in [-0.2, -0.15) is 4.98 Å². The van der Waals surface area contributed by atoms with E-state index in [-0.39, 0.29) is 24.3 Å². The largest absolute Gasteiger partial charge is 0.392 e. The number of aromatic amines is 1. The summed E-state index contributed by atoms with van der Waals surface area (Å²) >= 11 is 0. The van der Waals surface area contributed by atoms with Crippen molar-refractivity contribution in [2.24, 2.45) is 17.8 Å². The number of H-pyrrole nitrogens is 1. The van der Waals surface area contributed by atoms with Gasteiger partial charge in [-0.05, 0) is 62.8 Å². The van der Waals surface area contributed by atoms with Gasteiger partial charge in [0, 0.05) is 30.4 Å². The van der Waals surface area contributed by atoms with E-state index in [2.05, 4.69) is 30.7 Å². The van der Waals surface area contributed by atoms with E-state index in [0.29, 0.717) is 23.3 Å². The van der Waals surface area contributed by atoms with Crippen LogP contribution in [-0.4, -0.2) is 60.5 Å². The van der Waals surface area contributed by atoms with Crippen molar-refractivity contribution in [3.8, 4) is 11.5 Å². The number of nitrogens with zero attached hydrogens (tertiary/aromatic N) is 3. The Kier molecular flexibility index (Phi) is 4.70. The van der Waals surface area contributed by atoms with Gasteiger partial charge in [-0.25, -0.2) is 4.98 Å². The molecule has 0 saturated heterocycles. The summed E-state index contributed by atoms with van der Waals surface area (Å²) in [7, 11) is 0. The summed E-state index contributed by atoms with van der Waals surface area (Å²) in [6.45, 7) is 1.69. The number of hydrogen-bond donors (Lipinski definition) is 5. The number of nitrogens with one attached hydrogen (secondary N) is 3. The number of hydrogen-bond acceptors (Lipinski definition) is 8. The third-order valence-electron chi connectivity index (χ3n) is 7.56. The molecule has 174 valence electrons. The zero-order valence-electron chi connectivity index (χ0n) is 18.4. The van der Waals surface area contributed by atoms with Crippen molar-refractivity contribution in [1.82, 2.24) is 25.4 Å². The van der Waals surface area contributed by atoms with Crippen molar-refractivity contribution < 1.29 is 19.5 Å². The van der Waals surface area contributed by atoms with Gasteiger partial charge in [-0.15, -0.1) is 0 Å². The van der Waals surface area contributed by atoms with Crippen LogP contribution in [0.15, 0.2) is 23.0 Å². The monoisotopic (exact) mass is 452 g/mol. The molecular formula is C23H28N6O4. The van der Waals surface area contributed by atoms with Crippen molar-refractivity contribution in [3.05, 3.63) is 24.3 Å². The Morgan fingerprint density at radius 3 is 2.85 bits per heavy atom. The minimum Gasteiger partial charge on any atom is -0.392 e. The fraction of sp³-hybridized carbons (Fsp3) is 0.565. The molecule has 5 N–H and O–H groups in total. The highest BCUT2D eigenvalue weighted by Crippen LogP contribution is 2.56. The fourth-order valence-corrected chi connectivity index (χ4v) is 6.45. The Labute approximate surface area is 190 Å². The van der Waals surface area contributed by atoms with E-state index >= 15 is 0 Å². The van der Waals surface area contributed by atoms with E-state index in [1.807, 2.05) is 12.3 Å². The maximum atomic E-state index is 12.3. The van der Waals surface area contributed by atoms with Crippen LogP contribution < -0.4 is 10.6 Å². The smallest absolute Gasteiger partial charge is 0.292 e. The maximum Gasteiger partial charge on any atom is 0.292 e. The summed E-state index contributed by atoms with van der Waals surface area (Å²) < 4.78 is 5.45. The molecule has 0 aromatic carbocycles. The first-order valence-corrected chi connectivity index (χ1v) is 11.6. The van der Waals surface area contributed by atoms with Crippen LogP contribution in [-0.2, 0) is 0 Å². The summed E-state index contributed by atoms with van der Waals surface area (Å²) in [6.07, 6.45) is 7.74. The molecule has 4 aliphatic carbocycles. The van der Waals surface area contributed by atoms with Crippen molar-refractivity contribution >= 4 is 22.6 Å². The van der Waals surface area contributed by atoms with Gasteiger partial charge < -0.3 is 30.4 Å². The molecule has 4 bridgehead atoms. The molecule has 7 rings (SSSR count). The minimum atomic E-state index is -0.671. The molecule has 0 radical (unpaired) electrons. The first-order chi connectivity index (χ1) is 15.9. The number of rotatable bonds is 6. The highest BCUT2D eigenvalue weighted by Gasteiger charge is 2.54. The number of aliphatic hydroxyl groups is 2. The predicted octanol–water partition coefficient (Wildman–Crippen LogP) is 2.08. The Balaban J connectivity index is 1.33. The molecule has 10 heteroatoms. The van der Waals surface area contributed by atoms with Gasteiger partial charge in [0.2, 0.25) is 0 Å². The lowest BCUT2D eigenvalue weighted by Crippen LogP contribution is -2.59. The lowest BCUT2D eigenvalue weighted by Gasteiger charge is -2.58. The highest BCUT2D eigenvalue weighted by atomic mass is 16.5. The second kappa shape index (κ2) is 7.53. The van der Waals surface area contributed by atoms with Crippen LogP contribution in [0.1, 0.15) is 49.6 Å². The van der Waals surface area contributed by atoms with E-state index in [9.17, 15) is 15.0 Å². The number of pyridine rings is 1. The number of aromatic nitrogens is 4. The number of carbonyl (C=O) groups is 1.